The van der Waals surface area contributed by atoms with E-state index in [-0.39, 0.29) is 0 Å². The number of anilines is 1. The molecule has 1 saturated carbocycles. The van der Waals surface area contributed by atoms with Gasteiger partial charge in [-0.1, -0.05) is 6.92 Å². The molecule has 2 aromatic rings. The van der Waals surface area contributed by atoms with Gasteiger partial charge in [0.05, 0.1) is 5.52 Å². The number of rotatable bonds is 2. The minimum atomic E-state index is 0.622. The van der Waals surface area contributed by atoms with Gasteiger partial charge in [-0.05, 0) is 24.5 Å². The maximum absolute atomic E-state index is 4.53. The number of imidazole rings is 1. The van der Waals surface area contributed by atoms with E-state index in [9.17, 15) is 0 Å². The largest absolute Gasteiger partial charge is 0.373 e. The highest BCUT2D eigenvalue weighted by Gasteiger charge is 2.36. The Labute approximate surface area is 88.1 Å². The zero-order valence-electron chi connectivity index (χ0n) is 8.91. The Kier molecular flexibility index (Phi) is 1.71. The fourth-order valence-corrected chi connectivity index (χ4v) is 1.93. The first kappa shape index (κ1) is 8.71. The Morgan fingerprint density at radius 3 is 2.87 bits per heavy atom. The summed E-state index contributed by atoms with van der Waals surface area (Å²) in [6.07, 6.45) is 1.25. The molecule has 0 bridgehead atoms. The Balaban J connectivity index is 2.06. The number of nitrogens with zero attached hydrogens (tertiary/aromatic N) is 2. The molecule has 0 aliphatic heterocycles. The second-order valence-corrected chi connectivity index (χ2v) is 4.26. The highest BCUT2D eigenvalue weighted by Crippen LogP contribution is 2.45. The minimum Gasteiger partial charge on any atom is -0.373 e. The van der Waals surface area contributed by atoms with Gasteiger partial charge in [-0.2, -0.15) is 0 Å². The van der Waals surface area contributed by atoms with Crippen molar-refractivity contribution in [2.24, 2.45) is 5.92 Å². The van der Waals surface area contributed by atoms with Crippen molar-refractivity contribution < 1.29 is 0 Å². The lowest BCUT2D eigenvalue weighted by atomic mass is 10.3. The van der Waals surface area contributed by atoms with E-state index >= 15 is 0 Å². The lowest BCUT2D eigenvalue weighted by molar-refractivity contribution is 0.866. The SMILES string of the molecule is CNc1ccc2[nH]c(C3CC3C)nc2n1. The van der Waals surface area contributed by atoms with E-state index in [0.29, 0.717) is 5.92 Å². The summed E-state index contributed by atoms with van der Waals surface area (Å²) >= 11 is 0. The number of hydrogen-bond acceptors (Lipinski definition) is 3. The molecule has 0 aromatic carbocycles. The van der Waals surface area contributed by atoms with Crippen molar-refractivity contribution in [1.29, 1.82) is 0 Å². The first-order valence-corrected chi connectivity index (χ1v) is 5.32. The summed E-state index contributed by atoms with van der Waals surface area (Å²) in [5.74, 6) is 3.36. The van der Waals surface area contributed by atoms with Crippen LogP contribution in [0.2, 0.25) is 0 Å². The Morgan fingerprint density at radius 1 is 1.40 bits per heavy atom. The second-order valence-electron chi connectivity index (χ2n) is 4.26. The quantitative estimate of drug-likeness (QED) is 0.784. The van der Waals surface area contributed by atoms with Crippen LogP contribution in [0.5, 0.6) is 0 Å². The van der Waals surface area contributed by atoms with Gasteiger partial charge in [-0.3, -0.25) is 0 Å². The zero-order chi connectivity index (χ0) is 10.4. The van der Waals surface area contributed by atoms with E-state index < -0.39 is 0 Å². The molecular formula is C11H14N4. The minimum absolute atomic E-state index is 0.622. The third-order valence-corrected chi connectivity index (χ3v) is 3.08. The lowest BCUT2D eigenvalue weighted by Crippen LogP contribution is -1.91. The average Bonchev–Trinajstić information content (AvgIpc) is 2.83. The van der Waals surface area contributed by atoms with Crippen LogP contribution in [0.4, 0.5) is 5.82 Å². The van der Waals surface area contributed by atoms with Gasteiger partial charge in [-0.25, -0.2) is 9.97 Å². The van der Waals surface area contributed by atoms with Crippen molar-refractivity contribution in [3.05, 3.63) is 18.0 Å². The molecule has 0 spiro atoms. The van der Waals surface area contributed by atoms with Crippen LogP contribution < -0.4 is 5.32 Å². The smallest absolute Gasteiger partial charge is 0.179 e. The predicted octanol–water partition coefficient (Wildman–Crippen LogP) is 2.12. The molecule has 15 heavy (non-hydrogen) atoms. The van der Waals surface area contributed by atoms with Crippen LogP contribution in [-0.4, -0.2) is 22.0 Å². The molecule has 1 aliphatic rings. The topological polar surface area (TPSA) is 53.6 Å². The predicted molar refractivity (Wildman–Crippen MR) is 60.0 cm³/mol. The fraction of sp³-hybridized carbons (Fsp3) is 0.455. The number of aromatic amines is 1. The summed E-state index contributed by atoms with van der Waals surface area (Å²) in [6.45, 7) is 2.25. The molecule has 2 heterocycles. The molecule has 3 rings (SSSR count). The summed E-state index contributed by atoms with van der Waals surface area (Å²) in [5, 5.41) is 3.02. The van der Waals surface area contributed by atoms with Crippen molar-refractivity contribution in [2.75, 3.05) is 12.4 Å². The molecule has 2 aromatic heterocycles. The molecule has 0 amide bonds. The van der Waals surface area contributed by atoms with Crippen LogP contribution in [0.15, 0.2) is 12.1 Å². The average molecular weight is 202 g/mol. The number of fused-ring (bicyclic) bond motifs is 1. The van der Waals surface area contributed by atoms with Gasteiger partial charge in [0.2, 0.25) is 0 Å². The highest BCUT2D eigenvalue weighted by molar-refractivity contribution is 5.73. The Bertz CT molecular complexity index is 502. The molecule has 4 heteroatoms. The van der Waals surface area contributed by atoms with Crippen molar-refractivity contribution in [3.63, 3.8) is 0 Å². The molecule has 0 saturated heterocycles. The highest BCUT2D eigenvalue weighted by atomic mass is 15.0. The molecule has 2 N–H and O–H groups in total. The van der Waals surface area contributed by atoms with Crippen molar-refractivity contribution >= 4 is 17.0 Å². The van der Waals surface area contributed by atoms with Gasteiger partial charge in [0, 0.05) is 13.0 Å². The molecule has 1 fully saturated rings. The van der Waals surface area contributed by atoms with Crippen molar-refractivity contribution in [2.45, 2.75) is 19.3 Å². The van der Waals surface area contributed by atoms with Gasteiger partial charge in [0.1, 0.15) is 11.6 Å². The Hall–Kier alpha value is -1.58. The third kappa shape index (κ3) is 1.37. The third-order valence-electron chi connectivity index (χ3n) is 3.08. The van der Waals surface area contributed by atoms with Crippen molar-refractivity contribution in [3.8, 4) is 0 Å². The van der Waals surface area contributed by atoms with E-state index in [1.165, 1.54) is 6.42 Å². The number of aromatic nitrogens is 3. The van der Waals surface area contributed by atoms with Crippen molar-refractivity contribution in [1.82, 2.24) is 15.0 Å². The summed E-state index contributed by atoms with van der Waals surface area (Å²) in [5.41, 5.74) is 1.85. The fourth-order valence-electron chi connectivity index (χ4n) is 1.93. The van der Waals surface area contributed by atoms with Gasteiger partial charge < -0.3 is 10.3 Å². The maximum Gasteiger partial charge on any atom is 0.179 e. The zero-order valence-corrected chi connectivity index (χ0v) is 8.91. The molecular weight excluding hydrogens is 188 g/mol. The molecule has 1 aliphatic carbocycles. The Morgan fingerprint density at radius 2 is 2.20 bits per heavy atom. The summed E-state index contributed by atoms with van der Waals surface area (Å²) in [6, 6.07) is 3.98. The number of pyridine rings is 1. The van der Waals surface area contributed by atoms with Gasteiger partial charge in [0.25, 0.3) is 0 Å². The van der Waals surface area contributed by atoms with Crippen LogP contribution in [0.25, 0.3) is 11.2 Å². The van der Waals surface area contributed by atoms with E-state index in [1.54, 1.807) is 0 Å². The first-order valence-electron chi connectivity index (χ1n) is 5.32. The molecule has 2 unspecified atom stereocenters. The maximum atomic E-state index is 4.53. The van der Waals surface area contributed by atoms with Crippen LogP contribution in [-0.2, 0) is 0 Å². The number of H-pyrrole nitrogens is 1. The molecule has 0 radical (unpaired) electrons. The number of nitrogens with one attached hydrogen (secondary N) is 2. The number of hydrogen-bond donors (Lipinski definition) is 2. The monoisotopic (exact) mass is 202 g/mol. The van der Waals surface area contributed by atoms with Gasteiger partial charge in [-0.15, -0.1) is 0 Å². The van der Waals surface area contributed by atoms with Gasteiger partial charge >= 0.3 is 0 Å². The molecule has 4 nitrogen and oxygen atoms in total. The lowest BCUT2D eigenvalue weighted by Gasteiger charge is -1.95. The normalized spacial score (nSPS) is 24.4. The standard InChI is InChI=1S/C11H14N4/c1-6-5-7(6)10-13-8-3-4-9(12-2)14-11(8)15-10/h3-4,6-7H,5H2,1-2H3,(H2,12,13,14,15). The molecule has 78 valence electrons. The summed E-state index contributed by atoms with van der Waals surface area (Å²) in [7, 11) is 1.87. The van der Waals surface area contributed by atoms with Gasteiger partial charge in [0.15, 0.2) is 5.65 Å². The van der Waals surface area contributed by atoms with E-state index in [2.05, 4.69) is 27.2 Å². The van der Waals surface area contributed by atoms with E-state index in [0.717, 1.165) is 28.7 Å². The van der Waals surface area contributed by atoms with E-state index in [1.807, 2.05) is 19.2 Å². The summed E-state index contributed by atoms with van der Waals surface area (Å²) < 4.78 is 0. The summed E-state index contributed by atoms with van der Waals surface area (Å²) in [4.78, 5) is 12.3. The second kappa shape index (κ2) is 2.95. The van der Waals surface area contributed by atoms with Crippen LogP contribution >= 0.6 is 0 Å². The van der Waals surface area contributed by atoms with Crippen LogP contribution in [0, 0.1) is 5.92 Å². The van der Waals surface area contributed by atoms with E-state index in [4.69, 9.17) is 0 Å². The van der Waals surface area contributed by atoms with Crippen LogP contribution in [0.1, 0.15) is 25.1 Å². The van der Waals surface area contributed by atoms with Crippen LogP contribution in [0.3, 0.4) is 0 Å². The first-order chi connectivity index (χ1) is 7.28. The molecule has 2 atom stereocenters.